The van der Waals surface area contributed by atoms with Crippen molar-refractivity contribution in [2.24, 2.45) is 11.8 Å². The van der Waals surface area contributed by atoms with Crippen LogP contribution in [0.1, 0.15) is 74.2 Å². The van der Waals surface area contributed by atoms with Crippen LogP contribution in [0, 0.1) is 11.8 Å². The molecule has 2 saturated heterocycles. The van der Waals surface area contributed by atoms with E-state index in [4.69, 9.17) is 4.74 Å². The maximum atomic E-state index is 14.2. The Morgan fingerprint density at radius 3 is 2.25 bits per heavy atom. The van der Waals surface area contributed by atoms with Gasteiger partial charge in [-0.15, -0.1) is 0 Å². The number of nitrogens with one attached hydrogen (secondary N) is 1. The number of piperidine rings is 1. The molecule has 3 fully saturated rings. The van der Waals surface area contributed by atoms with Crippen molar-refractivity contribution in [3.63, 3.8) is 0 Å². The Balaban J connectivity index is 1.42. The molecule has 8 heteroatoms. The van der Waals surface area contributed by atoms with E-state index in [-0.39, 0.29) is 47.0 Å². The molecule has 2 unspecified atom stereocenters. The van der Waals surface area contributed by atoms with E-state index in [1.165, 1.54) is 25.3 Å². The zero-order chi connectivity index (χ0) is 25.6. The van der Waals surface area contributed by atoms with E-state index in [1.54, 1.807) is 12.1 Å². The highest BCUT2D eigenvalue weighted by Gasteiger charge is 2.45. The number of anilines is 1. The standard InChI is InChI=1S/C28H33F3N2O3/c1-16-3-7-20(8-4-16)32-24-12-6-17-13-18(5-11-23(17)25(24)28(29,30)31)26(34)33-21-9-10-22(33)15-19(14-21)27(35)36-2/h5-6,11-13,16,19-22,32H,3-4,7-10,14-15H2,1-2H3. The van der Waals surface area contributed by atoms with E-state index in [1.807, 2.05) is 4.90 Å². The number of benzene rings is 2. The molecule has 1 saturated carbocycles. The van der Waals surface area contributed by atoms with Gasteiger partial charge < -0.3 is 15.0 Å². The lowest BCUT2D eigenvalue weighted by Gasteiger charge is -2.38. The molecule has 36 heavy (non-hydrogen) atoms. The normalized spacial score (nSPS) is 28.2. The summed E-state index contributed by atoms with van der Waals surface area (Å²) >= 11 is 0. The number of esters is 1. The van der Waals surface area contributed by atoms with Gasteiger partial charge in [-0.2, -0.15) is 13.2 Å². The summed E-state index contributed by atoms with van der Waals surface area (Å²) in [5.41, 5.74) is -0.181. The minimum Gasteiger partial charge on any atom is -0.469 e. The van der Waals surface area contributed by atoms with E-state index >= 15 is 0 Å². The number of ether oxygens (including phenoxy) is 1. The van der Waals surface area contributed by atoms with Crippen LogP contribution in [0.4, 0.5) is 18.9 Å². The highest BCUT2D eigenvalue weighted by atomic mass is 19.4. The third kappa shape index (κ3) is 4.66. The van der Waals surface area contributed by atoms with Crippen LogP contribution in [0.15, 0.2) is 30.3 Å². The fourth-order valence-corrected chi connectivity index (χ4v) is 6.53. The van der Waals surface area contributed by atoms with Gasteiger partial charge in [0.2, 0.25) is 0 Å². The Morgan fingerprint density at radius 1 is 0.972 bits per heavy atom. The van der Waals surface area contributed by atoms with Gasteiger partial charge >= 0.3 is 12.1 Å². The SMILES string of the molecule is COC(=O)C1CC2CCC(C1)N2C(=O)c1ccc2c(C(F)(F)F)c(NC3CCC(C)CC3)ccc2c1. The Bertz CT molecular complexity index is 1140. The smallest absolute Gasteiger partial charge is 0.418 e. The second kappa shape index (κ2) is 9.60. The third-order valence-electron chi connectivity index (χ3n) is 8.43. The molecule has 2 bridgehead atoms. The molecule has 2 aromatic rings. The maximum absolute atomic E-state index is 14.2. The summed E-state index contributed by atoms with van der Waals surface area (Å²) in [6.45, 7) is 2.18. The fraction of sp³-hybridized carbons (Fsp3) is 0.571. The van der Waals surface area contributed by atoms with Crippen molar-refractivity contribution in [2.45, 2.75) is 82.6 Å². The van der Waals surface area contributed by atoms with Crippen LogP contribution in [0.5, 0.6) is 0 Å². The molecule has 2 aromatic carbocycles. The lowest BCUT2D eigenvalue weighted by atomic mass is 9.87. The number of alkyl halides is 3. The molecule has 0 radical (unpaired) electrons. The first kappa shape index (κ1) is 24.9. The number of methoxy groups -OCH3 is 1. The summed E-state index contributed by atoms with van der Waals surface area (Å²) in [6, 6.07) is 7.63. The van der Waals surface area contributed by atoms with Crippen molar-refractivity contribution >= 4 is 28.3 Å². The lowest BCUT2D eigenvalue weighted by molar-refractivity contribution is -0.147. The molecule has 1 N–H and O–H groups in total. The van der Waals surface area contributed by atoms with Crippen LogP contribution in [0.3, 0.4) is 0 Å². The number of halogens is 3. The van der Waals surface area contributed by atoms with E-state index in [0.29, 0.717) is 29.7 Å². The lowest BCUT2D eigenvalue weighted by Crippen LogP contribution is -2.48. The van der Waals surface area contributed by atoms with Crippen LogP contribution in [-0.4, -0.2) is 42.0 Å². The second-order valence-corrected chi connectivity index (χ2v) is 10.8. The molecule has 0 aromatic heterocycles. The number of hydrogen-bond acceptors (Lipinski definition) is 4. The first-order valence-electron chi connectivity index (χ1n) is 13.0. The molecule has 5 rings (SSSR count). The summed E-state index contributed by atoms with van der Waals surface area (Å²) < 4.78 is 47.6. The molecule has 194 valence electrons. The average molecular weight is 503 g/mol. The Labute approximate surface area is 209 Å². The van der Waals surface area contributed by atoms with Crippen molar-refractivity contribution < 1.29 is 27.5 Å². The van der Waals surface area contributed by atoms with Gasteiger partial charge in [-0.05, 0) is 86.3 Å². The zero-order valence-corrected chi connectivity index (χ0v) is 20.7. The first-order chi connectivity index (χ1) is 17.2. The van der Waals surface area contributed by atoms with Crippen LogP contribution >= 0.6 is 0 Å². The Hall–Kier alpha value is -2.77. The van der Waals surface area contributed by atoms with Crippen LogP contribution < -0.4 is 5.32 Å². The van der Waals surface area contributed by atoms with Gasteiger partial charge in [-0.3, -0.25) is 9.59 Å². The maximum Gasteiger partial charge on any atom is 0.418 e. The number of hydrogen-bond donors (Lipinski definition) is 1. The van der Waals surface area contributed by atoms with Gasteiger partial charge in [-0.25, -0.2) is 0 Å². The van der Waals surface area contributed by atoms with E-state index in [2.05, 4.69) is 12.2 Å². The molecule has 3 aliphatic rings. The quantitative estimate of drug-likeness (QED) is 0.491. The number of nitrogens with zero attached hydrogens (tertiary/aromatic N) is 1. The number of carbonyl (C=O) groups excluding carboxylic acids is 2. The van der Waals surface area contributed by atoms with Gasteiger partial charge in [0.05, 0.1) is 18.6 Å². The summed E-state index contributed by atoms with van der Waals surface area (Å²) in [6.07, 6.45) is 2.00. The number of amides is 1. The summed E-state index contributed by atoms with van der Waals surface area (Å²) in [7, 11) is 1.38. The minimum absolute atomic E-state index is 0.0315. The van der Waals surface area contributed by atoms with Gasteiger partial charge in [0.25, 0.3) is 5.91 Å². The van der Waals surface area contributed by atoms with Crippen molar-refractivity contribution in [2.75, 3.05) is 12.4 Å². The summed E-state index contributed by atoms with van der Waals surface area (Å²) in [4.78, 5) is 27.3. The molecular formula is C28H33F3N2O3. The molecule has 2 aliphatic heterocycles. The fourth-order valence-electron chi connectivity index (χ4n) is 6.53. The topological polar surface area (TPSA) is 58.6 Å². The Kier molecular flexibility index (Phi) is 6.64. The monoisotopic (exact) mass is 502 g/mol. The van der Waals surface area contributed by atoms with Gasteiger partial charge in [-0.1, -0.05) is 19.1 Å². The van der Waals surface area contributed by atoms with E-state index in [9.17, 15) is 22.8 Å². The molecular weight excluding hydrogens is 469 g/mol. The minimum atomic E-state index is -4.52. The third-order valence-corrected chi connectivity index (χ3v) is 8.43. The Morgan fingerprint density at radius 2 is 1.64 bits per heavy atom. The summed E-state index contributed by atoms with van der Waals surface area (Å²) in [5, 5.41) is 3.66. The van der Waals surface area contributed by atoms with Crippen LogP contribution in [0.2, 0.25) is 0 Å². The van der Waals surface area contributed by atoms with Crippen molar-refractivity contribution in [3.8, 4) is 0 Å². The van der Waals surface area contributed by atoms with Crippen LogP contribution in [-0.2, 0) is 15.7 Å². The predicted molar refractivity (Wildman–Crippen MR) is 132 cm³/mol. The largest absolute Gasteiger partial charge is 0.469 e. The van der Waals surface area contributed by atoms with E-state index < -0.39 is 11.7 Å². The molecule has 5 nitrogen and oxygen atoms in total. The van der Waals surface area contributed by atoms with E-state index in [0.717, 1.165) is 38.5 Å². The van der Waals surface area contributed by atoms with Crippen LogP contribution in [0.25, 0.3) is 10.8 Å². The number of fused-ring (bicyclic) bond motifs is 3. The highest BCUT2D eigenvalue weighted by Crippen LogP contribution is 2.43. The number of rotatable bonds is 4. The van der Waals surface area contributed by atoms with Gasteiger partial charge in [0.1, 0.15) is 0 Å². The van der Waals surface area contributed by atoms with Gasteiger partial charge in [0, 0.05) is 29.4 Å². The molecule has 2 heterocycles. The molecule has 1 amide bonds. The van der Waals surface area contributed by atoms with Crippen molar-refractivity contribution in [1.29, 1.82) is 0 Å². The highest BCUT2D eigenvalue weighted by molar-refractivity contribution is 6.01. The summed E-state index contributed by atoms with van der Waals surface area (Å²) in [5.74, 6) is -0.0173. The second-order valence-electron chi connectivity index (χ2n) is 10.8. The van der Waals surface area contributed by atoms with Crippen molar-refractivity contribution in [1.82, 2.24) is 4.90 Å². The zero-order valence-electron chi connectivity index (χ0n) is 20.7. The van der Waals surface area contributed by atoms with Crippen molar-refractivity contribution in [3.05, 3.63) is 41.5 Å². The first-order valence-corrected chi connectivity index (χ1v) is 13.0. The molecule has 0 spiro atoms. The molecule has 2 atom stereocenters. The van der Waals surface area contributed by atoms with Gasteiger partial charge in [0.15, 0.2) is 0 Å². The predicted octanol–water partition coefficient (Wildman–Crippen LogP) is 6.41. The number of carbonyl (C=O) groups is 2. The molecule has 1 aliphatic carbocycles. The average Bonchev–Trinajstić information content (AvgIpc) is 3.12.